The van der Waals surface area contributed by atoms with Gasteiger partial charge in [-0.3, -0.25) is 13.9 Å². The molecule has 0 aliphatic carbocycles. The van der Waals surface area contributed by atoms with Crippen LogP contribution >= 0.6 is 0 Å². The Hall–Kier alpha value is -5.16. The molecule has 0 aliphatic rings. The molecule has 0 heterocycles. The maximum atomic E-state index is 12.5. The monoisotopic (exact) mass is 586 g/mol. The van der Waals surface area contributed by atoms with Crippen LogP contribution in [0.4, 0.5) is 11.4 Å². The minimum absolute atomic E-state index is 0.134. The van der Waals surface area contributed by atoms with E-state index in [2.05, 4.69) is 15.8 Å². The number of hydrazone groups is 1. The normalized spacial score (nSPS) is 11.1. The summed E-state index contributed by atoms with van der Waals surface area (Å²) < 4.78 is 36.7. The summed E-state index contributed by atoms with van der Waals surface area (Å²) in [5.74, 6) is 0.304. The van der Waals surface area contributed by atoms with Gasteiger partial charge < -0.3 is 14.8 Å². The fourth-order valence-electron chi connectivity index (χ4n) is 3.88. The van der Waals surface area contributed by atoms with Gasteiger partial charge in [0.05, 0.1) is 37.5 Å². The number of carbonyl (C=O) groups is 2. The van der Waals surface area contributed by atoms with Gasteiger partial charge in [-0.05, 0) is 71.8 Å². The van der Waals surface area contributed by atoms with Crippen LogP contribution in [0.1, 0.15) is 21.5 Å². The van der Waals surface area contributed by atoms with E-state index in [0.29, 0.717) is 34.0 Å². The largest absolute Gasteiger partial charge is 0.495 e. The minimum Gasteiger partial charge on any atom is -0.495 e. The number of sulfonamides is 1. The van der Waals surface area contributed by atoms with E-state index >= 15 is 0 Å². The van der Waals surface area contributed by atoms with Crippen LogP contribution in [0.5, 0.6) is 11.5 Å². The highest BCUT2D eigenvalue weighted by Crippen LogP contribution is 2.23. The Labute approximate surface area is 244 Å². The second-order valence-corrected chi connectivity index (χ2v) is 11.0. The van der Waals surface area contributed by atoms with Crippen molar-refractivity contribution in [3.05, 3.63) is 120 Å². The Morgan fingerprint density at radius 1 is 0.881 bits per heavy atom. The Morgan fingerprint density at radius 3 is 2.21 bits per heavy atom. The van der Waals surface area contributed by atoms with Crippen molar-refractivity contribution in [2.45, 2.75) is 6.54 Å². The number of nitrogens with zero attached hydrogens (tertiary/aromatic N) is 2. The highest BCUT2D eigenvalue weighted by Gasteiger charge is 2.18. The van der Waals surface area contributed by atoms with Gasteiger partial charge in [-0.15, -0.1) is 0 Å². The van der Waals surface area contributed by atoms with Gasteiger partial charge in [0.15, 0.2) is 6.61 Å². The maximum Gasteiger partial charge on any atom is 0.271 e. The van der Waals surface area contributed by atoms with Crippen molar-refractivity contribution in [2.75, 3.05) is 29.6 Å². The maximum absolute atomic E-state index is 12.5. The smallest absolute Gasteiger partial charge is 0.271 e. The molecule has 42 heavy (non-hydrogen) atoms. The van der Waals surface area contributed by atoms with E-state index in [1.165, 1.54) is 17.6 Å². The molecule has 0 atom stereocenters. The van der Waals surface area contributed by atoms with Crippen molar-refractivity contribution in [1.29, 1.82) is 0 Å². The van der Waals surface area contributed by atoms with Gasteiger partial charge in [0.2, 0.25) is 10.0 Å². The lowest BCUT2D eigenvalue weighted by Gasteiger charge is -2.22. The number of methoxy groups -OCH3 is 1. The van der Waals surface area contributed by atoms with E-state index in [1.54, 1.807) is 91.0 Å². The molecular formula is C31H30N4O6S. The lowest BCUT2D eigenvalue weighted by Crippen LogP contribution is -2.29. The lowest BCUT2D eigenvalue weighted by atomic mass is 10.1. The topological polar surface area (TPSA) is 126 Å². The number of hydrogen-bond donors (Lipinski definition) is 2. The van der Waals surface area contributed by atoms with Crippen LogP contribution in [0.3, 0.4) is 0 Å². The summed E-state index contributed by atoms with van der Waals surface area (Å²) in [5.41, 5.74) is 5.40. The fourth-order valence-corrected chi connectivity index (χ4v) is 4.77. The van der Waals surface area contributed by atoms with E-state index in [-0.39, 0.29) is 19.1 Å². The second kappa shape index (κ2) is 14.0. The SMILES string of the molecule is COc1ccccc1NC(=O)COc1ccc(/C=N\NC(=O)c2ccc(CN(c3ccccc3)S(C)(=O)=O)cc2)cc1. The zero-order valence-electron chi connectivity index (χ0n) is 23.1. The van der Waals surface area contributed by atoms with Gasteiger partial charge in [-0.2, -0.15) is 5.10 Å². The van der Waals surface area contributed by atoms with Crippen LogP contribution in [-0.4, -0.2) is 46.4 Å². The Kier molecular flexibility index (Phi) is 9.90. The lowest BCUT2D eigenvalue weighted by molar-refractivity contribution is -0.118. The summed E-state index contributed by atoms with van der Waals surface area (Å²) in [6.07, 6.45) is 2.64. The highest BCUT2D eigenvalue weighted by molar-refractivity contribution is 7.92. The number of para-hydroxylation sites is 3. The molecule has 0 bridgehead atoms. The number of rotatable bonds is 12. The molecule has 4 rings (SSSR count). The van der Waals surface area contributed by atoms with E-state index in [4.69, 9.17) is 9.47 Å². The van der Waals surface area contributed by atoms with Crippen molar-refractivity contribution in [3.63, 3.8) is 0 Å². The number of anilines is 2. The van der Waals surface area contributed by atoms with Crippen LogP contribution in [0.2, 0.25) is 0 Å². The molecule has 0 unspecified atom stereocenters. The molecule has 4 aromatic carbocycles. The fraction of sp³-hybridized carbons (Fsp3) is 0.129. The molecule has 0 aliphatic heterocycles. The van der Waals surface area contributed by atoms with Crippen LogP contribution in [0.25, 0.3) is 0 Å². The van der Waals surface area contributed by atoms with E-state index in [0.717, 1.165) is 11.8 Å². The minimum atomic E-state index is -3.50. The summed E-state index contributed by atoms with van der Waals surface area (Å²) in [7, 11) is -1.97. The third kappa shape index (κ3) is 8.42. The summed E-state index contributed by atoms with van der Waals surface area (Å²) in [6, 6.07) is 29.4. The second-order valence-electron chi connectivity index (χ2n) is 9.11. The predicted octanol–water partition coefficient (Wildman–Crippen LogP) is 4.44. The van der Waals surface area contributed by atoms with Gasteiger partial charge in [-0.1, -0.05) is 42.5 Å². The standard InChI is InChI=1S/C31H30N4O6S/c1-40-29-11-7-6-10-28(29)33-30(36)22-41-27-18-14-23(15-19-27)20-32-34-31(37)25-16-12-24(13-17-25)21-35(42(2,38)39)26-8-4-3-5-9-26/h3-20H,21-22H2,1-2H3,(H,33,36)(H,34,37)/b32-20-. The number of hydrogen-bond acceptors (Lipinski definition) is 7. The molecule has 10 nitrogen and oxygen atoms in total. The summed E-state index contributed by atoms with van der Waals surface area (Å²) in [5, 5.41) is 6.74. The first kappa shape index (κ1) is 29.8. The molecule has 0 spiro atoms. The molecule has 4 aromatic rings. The zero-order chi connectivity index (χ0) is 30.0. The highest BCUT2D eigenvalue weighted by atomic mass is 32.2. The van der Waals surface area contributed by atoms with Crippen molar-refractivity contribution in [1.82, 2.24) is 5.43 Å². The quantitative estimate of drug-likeness (QED) is 0.187. The van der Waals surface area contributed by atoms with Crippen molar-refractivity contribution in [3.8, 4) is 11.5 Å². The van der Waals surface area contributed by atoms with Gasteiger partial charge >= 0.3 is 0 Å². The average Bonchev–Trinajstić information content (AvgIpc) is 3.00. The van der Waals surface area contributed by atoms with E-state index < -0.39 is 15.9 Å². The molecule has 2 N–H and O–H groups in total. The van der Waals surface area contributed by atoms with Crippen LogP contribution in [0.15, 0.2) is 108 Å². The Balaban J connectivity index is 1.26. The first-order valence-corrected chi connectivity index (χ1v) is 14.7. The van der Waals surface area contributed by atoms with Gasteiger partial charge in [0, 0.05) is 5.56 Å². The zero-order valence-corrected chi connectivity index (χ0v) is 23.9. The summed E-state index contributed by atoms with van der Waals surface area (Å²) >= 11 is 0. The summed E-state index contributed by atoms with van der Waals surface area (Å²) in [4.78, 5) is 24.8. The first-order chi connectivity index (χ1) is 20.2. The number of amides is 2. The van der Waals surface area contributed by atoms with E-state index in [1.807, 2.05) is 12.1 Å². The molecule has 0 radical (unpaired) electrons. The molecule has 0 aromatic heterocycles. The molecule has 0 fully saturated rings. The van der Waals surface area contributed by atoms with Crippen molar-refractivity contribution >= 4 is 39.4 Å². The molecule has 0 saturated carbocycles. The number of carbonyl (C=O) groups excluding carboxylic acids is 2. The predicted molar refractivity (Wildman–Crippen MR) is 163 cm³/mol. The third-order valence-electron chi connectivity index (χ3n) is 6.00. The van der Waals surface area contributed by atoms with Gasteiger partial charge in [-0.25, -0.2) is 13.8 Å². The van der Waals surface area contributed by atoms with Gasteiger partial charge in [0.1, 0.15) is 11.5 Å². The average molecular weight is 587 g/mol. The van der Waals surface area contributed by atoms with Crippen molar-refractivity contribution in [2.24, 2.45) is 5.10 Å². The van der Waals surface area contributed by atoms with Crippen LogP contribution in [0, 0.1) is 0 Å². The molecule has 2 amide bonds. The number of nitrogens with one attached hydrogen (secondary N) is 2. The molecule has 0 saturated heterocycles. The molecule has 216 valence electrons. The number of ether oxygens (including phenoxy) is 2. The van der Waals surface area contributed by atoms with Crippen LogP contribution < -0.4 is 24.5 Å². The molecule has 11 heteroatoms. The van der Waals surface area contributed by atoms with Gasteiger partial charge in [0.25, 0.3) is 11.8 Å². The Morgan fingerprint density at radius 2 is 1.55 bits per heavy atom. The van der Waals surface area contributed by atoms with E-state index in [9.17, 15) is 18.0 Å². The summed E-state index contributed by atoms with van der Waals surface area (Å²) in [6.45, 7) is -0.0477. The first-order valence-electron chi connectivity index (χ1n) is 12.8. The molecular weight excluding hydrogens is 556 g/mol. The Bertz CT molecular complexity index is 1640. The number of benzene rings is 4. The van der Waals surface area contributed by atoms with Crippen LogP contribution in [-0.2, 0) is 21.4 Å². The van der Waals surface area contributed by atoms with Crippen molar-refractivity contribution < 1.29 is 27.5 Å². The third-order valence-corrected chi connectivity index (χ3v) is 7.14.